The fourth-order valence-electron chi connectivity index (χ4n) is 3.60. The lowest BCUT2D eigenvalue weighted by atomic mass is 9.93. The van der Waals surface area contributed by atoms with Crippen LogP contribution in [0.4, 0.5) is 0 Å². The lowest BCUT2D eigenvalue weighted by Crippen LogP contribution is -2.28. The molecule has 1 saturated heterocycles. The highest BCUT2D eigenvalue weighted by Gasteiger charge is 2.37. The molecule has 2 unspecified atom stereocenters. The van der Waals surface area contributed by atoms with Gasteiger partial charge in [0.15, 0.2) is 11.3 Å². The summed E-state index contributed by atoms with van der Waals surface area (Å²) in [6, 6.07) is 3.90. The van der Waals surface area contributed by atoms with Crippen LogP contribution in [0.5, 0.6) is 0 Å². The number of rotatable bonds is 3. The summed E-state index contributed by atoms with van der Waals surface area (Å²) in [5.41, 5.74) is 2.42. The third-order valence-corrected chi connectivity index (χ3v) is 4.85. The van der Waals surface area contributed by atoms with Gasteiger partial charge < -0.3 is 9.88 Å². The summed E-state index contributed by atoms with van der Waals surface area (Å²) in [5.74, 6) is 1.16. The first-order valence-corrected chi connectivity index (χ1v) is 8.04. The third kappa shape index (κ3) is 2.12. The standard InChI is InChI=1S/C16H17N7O/c1-2-10-8-22(14(24)3-5-17)9-11(10)16-21-20-13-7-19-15-12(23(13)16)4-6-18-15/h4,6-7,10-11,18H,2-3,8-9H2,1H3. The van der Waals surface area contributed by atoms with Crippen molar-refractivity contribution in [3.05, 3.63) is 24.3 Å². The van der Waals surface area contributed by atoms with E-state index >= 15 is 0 Å². The van der Waals surface area contributed by atoms with Crippen LogP contribution in [-0.2, 0) is 4.79 Å². The van der Waals surface area contributed by atoms with E-state index in [4.69, 9.17) is 5.26 Å². The van der Waals surface area contributed by atoms with E-state index in [0.717, 1.165) is 23.4 Å². The van der Waals surface area contributed by atoms with Crippen LogP contribution in [0.2, 0.25) is 0 Å². The molecule has 3 aromatic heterocycles. The van der Waals surface area contributed by atoms with Gasteiger partial charge in [0, 0.05) is 25.2 Å². The van der Waals surface area contributed by atoms with Crippen molar-refractivity contribution in [1.29, 1.82) is 5.26 Å². The number of carbonyl (C=O) groups is 1. The molecule has 4 rings (SSSR count). The fraction of sp³-hybridized carbons (Fsp3) is 0.438. The predicted octanol–water partition coefficient (Wildman–Crippen LogP) is 1.47. The van der Waals surface area contributed by atoms with Crippen LogP contribution >= 0.6 is 0 Å². The Hall–Kier alpha value is -2.95. The van der Waals surface area contributed by atoms with Crippen LogP contribution < -0.4 is 0 Å². The van der Waals surface area contributed by atoms with Gasteiger partial charge in [0.25, 0.3) is 0 Å². The molecule has 0 spiro atoms. The Morgan fingerprint density at radius 2 is 2.33 bits per heavy atom. The fourth-order valence-corrected chi connectivity index (χ4v) is 3.60. The topological polar surface area (TPSA) is 103 Å². The first kappa shape index (κ1) is 14.6. The average Bonchev–Trinajstić information content (AvgIpc) is 3.30. The maximum Gasteiger partial charge on any atom is 0.236 e. The van der Waals surface area contributed by atoms with E-state index in [1.807, 2.05) is 22.7 Å². The van der Waals surface area contributed by atoms with Crippen molar-refractivity contribution < 1.29 is 4.79 Å². The van der Waals surface area contributed by atoms with E-state index in [1.165, 1.54) is 0 Å². The van der Waals surface area contributed by atoms with Gasteiger partial charge in [-0.25, -0.2) is 4.98 Å². The summed E-state index contributed by atoms with van der Waals surface area (Å²) in [6.07, 6.45) is 4.41. The highest BCUT2D eigenvalue weighted by atomic mass is 16.2. The zero-order valence-corrected chi connectivity index (χ0v) is 13.3. The summed E-state index contributed by atoms with van der Waals surface area (Å²) in [4.78, 5) is 21.3. The van der Waals surface area contributed by atoms with E-state index in [2.05, 4.69) is 27.1 Å². The van der Waals surface area contributed by atoms with E-state index in [-0.39, 0.29) is 18.2 Å². The number of nitriles is 1. The SMILES string of the molecule is CCC1CN(C(=O)CC#N)CC1c1nnc2cnc3[nH]ccc3n12. The molecule has 8 nitrogen and oxygen atoms in total. The monoisotopic (exact) mass is 323 g/mol. The second kappa shape index (κ2) is 5.60. The van der Waals surface area contributed by atoms with E-state index < -0.39 is 0 Å². The molecule has 1 aliphatic rings. The number of hydrogen-bond donors (Lipinski definition) is 1. The van der Waals surface area contributed by atoms with Crippen molar-refractivity contribution >= 4 is 22.7 Å². The van der Waals surface area contributed by atoms with Gasteiger partial charge >= 0.3 is 0 Å². The minimum absolute atomic E-state index is 0.0737. The molecular weight excluding hydrogens is 306 g/mol. The van der Waals surface area contributed by atoms with Crippen molar-refractivity contribution in [2.75, 3.05) is 13.1 Å². The molecule has 1 aliphatic heterocycles. The number of amides is 1. The van der Waals surface area contributed by atoms with Crippen LogP contribution in [0.1, 0.15) is 31.5 Å². The molecule has 0 radical (unpaired) electrons. The molecule has 122 valence electrons. The highest BCUT2D eigenvalue weighted by Crippen LogP contribution is 2.35. The van der Waals surface area contributed by atoms with Gasteiger partial charge in [-0.3, -0.25) is 9.20 Å². The van der Waals surface area contributed by atoms with Gasteiger partial charge in [-0.2, -0.15) is 5.26 Å². The van der Waals surface area contributed by atoms with Crippen LogP contribution in [0.25, 0.3) is 16.8 Å². The van der Waals surface area contributed by atoms with Crippen molar-refractivity contribution in [3.8, 4) is 6.07 Å². The molecule has 3 aromatic rings. The minimum Gasteiger partial charge on any atom is -0.345 e. The van der Waals surface area contributed by atoms with Crippen molar-refractivity contribution in [2.45, 2.75) is 25.7 Å². The van der Waals surface area contributed by atoms with Crippen molar-refractivity contribution in [3.63, 3.8) is 0 Å². The number of hydrogen-bond acceptors (Lipinski definition) is 5. The number of carbonyl (C=O) groups excluding carboxylic acids is 1. The predicted molar refractivity (Wildman–Crippen MR) is 86.0 cm³/mol. The maximum absolute atomic E-state index is 12.1. The Kier molecular flexibility index (Phi) is 3.41. The Labute approximate surface area is 138 Å². The van der Waals surface area contributed by atoms with Gasteiger partial charge in [0.2, 0.25) is 5.91 Å². The van der Waals surface area contributed by atoms with Crippen LogP contribution in [-0.4, -0.2) is 48.5 Å². The van der Waals surface area contributed by atoms with E-state index in [1.54, 1.807) is 11.1 Å². The molecular formula is C16H17N7O. The molecule has 1 amide bonds. The molecule has 0 aromatic carbocycles. The normalized spacial score (nSPS) is 20.8. The number of fused-ring (bicyclic) bond motifs is 3. The zero-order chi connectivity index (χ0) is 16.7. The van der Waals surface area contributed by atoms with Crippen molar-refractivity contribution in [1.82, 2.24) is 29.5 Å². The smallest absolute Gasteiger partial charge is 0.236 e. The molecule has 1 fully saturated rings. The second-order valence-electron chi connectivity index (χ2n) is 6.13. The Balaban J connectivity index is 1.77. The van der Waals surface area contributed by atoms with Gasteiger partial charge in [-0.05, 0) is 12.0 Å². The number of aromatic amines is 1. The van der Waals surface area contributed by atoms with E-state index in [9.17, 15) is 4.79 Å². The molecule has 0 aliphatic carbocycles. The lowest BCUT2D eigenvalue weighted by Gasteiger charge is -2.14. The summed E-state index contributed by atoms with van der Waals surface area (Å²) in [6.45, 7) is 3.36. The van der Waals surface area contributed by atoms with E-state index in [0.29, 0.717) is 24.7 Å². The van der Waals surface area contributed by atoms with Gasteiger partial charge in [-0.1, -0.05) is 13.3 Å². The highest BCUT2D eigenvalue weighted by molar-refractivity contribution is 5.79. The molecule has 24 heavy (non-hydrogen) atoms. The molecule has 0 saturated carbocycles. The summed E-state index contributed by atoms with van der Waals surface area (Å²) in [7, 11) is 0. The largest absolute Gasteiger partial charge is 0.345 e. The number of likely N-dealkylation sites (tertiary alicyclic amines) is 1. The molecule has 4 heterocycles. The molecule has 1 N–H and O–H groups in total. The van der Waals surface area contributed by atoms with Crippen LogP contribution in [0.15, 0.2) is 18.5 Å². The second-order valence-corrected chi connectivity index (χ2v) is 6.13. The molecule has 8 heteroatoms. The molecule has 0 bridgehead atoms. The van der Waals surface area contributed by atoms with Crippen LogP contribution in [0, 0.1) is 17.2 Å². The Morgan fingerprint density at radius 1 is 1.46 bits per heavy atom. The number of nitrogens with one attached hydrogen (secondary N) is 1. The summed E-state index contributed by atoms with van der Waals surface area (Å²) >= 11 is 0. The first-order valence-electron chi connectivity index (χ1n) is 8.04. The zero-order valence-electron chi connectivity index (χ0n) is 13.3. The summed E-state index contributed by atoms with van der Waals surface area (Å²) in [5, 5.41) is 17.4. The van der Waals surface area contributed by atoms with Gasteiger partial charge in [-0.15, -0.1) is 10.2 Å². The number of H-pyrrole nitrogens is 1. The van der Waals surface area contributed by atoms with Crippen LogP contribution in [0.3, 0.4) is 0 Å². The minimum atomic E-state index is -0.110. The first-order chi connectivity index (χ1) is 11.7. The van der Waals surface area contributed by atoms with Crippen molar-refractivity contribution in [2.24, 2.45) is 5.92 Å². The van der Waals surface area contributed by atoms with Gasteiger partial charge in [0.1, 0.15) is 12.2 Å². The van der Waals surface area contributed by atoms with Gasteiger partial charge in [0.05, 0.1) is 17.8 Å². The Bertz CT molecular complexity index is 950. The number of nitrogens with zero attached hydrogens (tertiary/aromatic N) is 6. The average molecular weight is 323 g/mol. The quantitative estimate of drug-likeness (QED) is 0.786. The third-order valence-electron chi connectivity index (χ3n) is 4.85. The Morgan fingerprint density at radius 3 is 3.12 bits per heavy atom. The molecule has 2 atom stereocenters. The lowest BCUT2D eigenvalue weighted by molar-refractivity contribution is -0.129. The summed E-state index contributed by atoms with van der Waals surface area (Å²) < 4.78 is 2.02. The number of aromatic nitrogens is 5. The maximum atomic E-state index is 12.1.